The van der Waals surface area contributed by atoms with Crippen molar-refractivity contribution in [1.82, 2.24) is 5.32 Å². The van der Waals surface area contributed by atoms with E-state index in [4.69, 9.17) is 14.2 Å². The van der Waals surface area contributed by atoms with E-state index in [1.165, 1.54) is 0 Å². The van der Waals surface area contributed by atoms with E-state index in [1.54, 1.807) is 14.0 Å². The zero-order chi connectivity index (χ0) is 19.1. The van der Waals surface area contributed by atoms with Gasteiger partial charge in [0.1, 0.15) is 23.9 Å². The Kier molecular flexibility index (Phi) is 6.89. The van der Waals surface area contributed by atoms with Gasteiger partial charge in [0.15, 0.2) is 6.10 Å². The van der Waals surface area contributed by atoms with Crippen LogP contribution in [0.25, 0.3) is 0 Å². The van der Waals surface area contributed by atoms with Crippen LogP contribution in [0, 0.1) is 13.8 Å². The molecule has 0 aliphatic rings. The van der Waals surface area contributed by atoms with Crippen LogP contribution in [-0.4, -0.2) is 31.8 Å². The number of nitrogens with one attached hydrogen (secondary N) is 1. The van der Waals surface area contributed by atoms with Crippen LogP contribution in [0.1, 0.15) is 25.0 Å². The van der Waals surface area contributed by atoms with Crippen molar-refractivity contribution in [1.29, 1.82) is 0 Å². The van der Waals surface area contributed by atoms with E-state index < -0.39 is 6.10 Å². The molecule has 1 amide bonds. The molecular formula is C21H27NO4. The number of methoxy groups -OCH3 is 1. The average molecular weight is 357 g/mol. The van der Waals surface area contributed by atoms with Gasteiger partial charge in [0.05, 0.1) is 13.2 Å². The highest BCUT2D eigenvalue weighted by Gasteiger charge is 2.18. The van der Waals surface area contributed by atoms with Gasteiger partial charge in [-0.1, -0.05) is 12.1 Å². The predicted molar refractivity (Wildman–Crippen MR) is 102 cm³/mol. The summed E-state index contributed by atoms with van der Waals surface area (Å²) in [6.07, 6.45) is -0.584. The molecule has 0 saturated carbocycles. The third kappa shape index (κ3) is 5.41. The lowest BCUT2D eigenvalue weighted by atomic mass is 10.1. The summed E-state index contributed by atoms with van der Waals surface area (Å²) in [6, 6.07) is 13.0. The highest BCUT2D eigenvalue weighted by molar-refractivity contribution is 5.81. The molecule has 0 unspecified atom stereocenters. The minimum absolute atomic E-state index is 0.144. The molecule has 0 aliphatic carbocycles. The first-order valence-corrected chi connectivity index (χ1v) is 8.70. The van der Waals surface area contributed by atoms with Gasteiger partial charge in [0.25, 0.3) is 5.91 Å². The van der Waals surface area contributed by atoms with Crippen LogP contribution >= 0.6 is 0 Å². The number of carbonyl (C=O) groups is 1. The first-order valence-electron chi connectivity index (χ1n) is 8.70. The second-order valence-electron chi connectivity index (χ2n) is 6.35. The Labute approximate surface area is 155 Å². The molecule has 0 heterocycles. The predicted octanol–water partition coefficient (Wildman–Crippen LogP) is 3.66. The third-order valence-electron chi connectivity index (χ3n) is 4.18. The summed E-state index contributed by atoms with van der Waals surface area (Å²) < 4.78 is 16.6. The van der Waals surface area contributed by atoms with Gasteiger partial charge in [0, 0.05) is 0 Å². The Morgan fingerprint density at radius 2 is 1.69 bits per heavy atom. The van der Waals surface area contributed by atoms with Crippen molar-refractivity contribution in [3.63, 3.8) is 0 Å². The van der Waals surface area contributed by atoms with Crippen molar-refractivity contribution in [2.75, 3.05) is 13.7 Å². The fourth-order valence-corrected chi connectivity index (χ4v) is 2.39. The first kappa shape index (κ1) is 19.6. The van der Waals surface area contributed by atoms with E-state index in [0.717, 1.165) is 28.4 Å². The molecule has 0 bridgehead atoms. The van der Waals surface area contributed by atoms with Crippen LogP contribution in [0.5, 0.6) is 17.2 Å². The highest BCUT2D eigenvalue weighted by Crippen LogP contribution is 2.22. The van der Waals surface area contributed by atoms with E-state index >= 15 is 0 Å². The summed E-state index contributed by atoms with van der Waals surface area (Å²) in [6.45, 7) is 8.01. The molecule has 0 aliphatic heterocycles. The summed E-state index contributed by atoms with van der Waals surface area (Å²) in [5, 5.41) is 2.91. The zero-order valence-electron chi connectivity index (χ0n) is 16.0. The van der Waals surface area contributed by atoms with E-state index in [2.05, 4.69) is 5.32 Å². The fourth-order valence-electron chi connectivity index (χ4n) is 2.39. The van der Waals surface area contributed by atoms with Gasteiger partial charge in [-0.25, -0.2) is 0 Å². The number of hydrogen-bond donors (Lipinski definition) is 1. The van der Waals surface area contributed by atoms with Crippen molar-refractivity contribution < 1.29 is 19.0 Å². The lowest BCUT2D eigenvalue weighted by Gasteiger charge is -2.20. The molecule has 0 saturated heterocycles. The number of ether oxygens (including phenoxy) is 3. The molecule has 0 spiro atoms. The second-order valence-corrected chi connectivity index (χ2v) is 6.35. The lowest BCUT2D eigenvalue weighted by Crippen LogP contribution is -2.43. The maximum atomic E-state index is 12.3. The lowest BCUT2D eigenvalue weighted by molar-refractivity contribution is -0.128. The number of aryl methyl sites for hydroxylation is 1. The summed E-state index contributed by atoms with van der Waals surface area (Å²) in [5.74, 6) is 2.06. The molecule has 5 nitrogen and oxygen atoms in total. The molecule has 2 aromatic carbocycles. The quantitative estimate of drug-likeness (QED) is 0.783. The standard InChI is InChI=1S/C21H27NO4/c1-14-7-6-8-20(16(14)3)26-17(4)21(23)22-15(2)13-25-19-11-9-18(24-5)10-12-19/h6-12,15,17H,13H2,1-5H3,(H,22,23)/t15-,17+/m1/s1. The Hall–Kier alpha value is -2.69. The molecule has 2 rings (SSSR count). The number of rotatable bonds is 8. The van der Waals surface area contributed by atoms with Gasteiger partial charge < -0.3 is 19.5 Å². The molecule has 5 heteroatoms. The topological polar surface area (TPSA) is 56.8 Å². The van der Waals surface area contributed by atoms with E-state index in [-0.39, 0.29) is 11.9 Å². The third-order valence-corrected chi connectivity index (χ3v) is 4.18. The Morgan fingerprint density at radius 3 is 2.35 bits per heavy atom. The van der Waals surface area contributed by atoms with Crippen LogP contribution in [0.15, 0.2) is 42.5 Å². The second kappa shape index (κ2) is 9.13. The van der Waals surface area contributed by atoms with Gasteiger partial charge in [-0.15, -0.1) is 0 Å². The molecule has 140 valence electrons. The normalized spacial score (nSPS) is 12.8. The molecule has 0 fully saturated rings. The van der Waals surface area contributed by atoms with E-state index in [9.17, 15) is 4.79 Å². The van der Waals surface area contributed by atoms with Gasteiger partial charge in [-0.2, -0.15) is 0 Å². The molecule has 0 radical (unpaired) electrons. The summed E-state index contributed by atoms with van der Waals surface area (Å²) in [5.41, 5.74) is 2.18. The van der Waals surface area contributed by atoms with Crippen molar-refractivity contribution in [2.24, 2.45) is 0 Å². The summed E-state index contributed by atoms with van der Waals surface area (Å²) in [4.78, 5) is 12.3. The molecule has 0 aromatic heterocycles. The van der Waals surface area contributed by atoms with Crippen molar-refractivity contribution >= 4 is 5.91 Å². The van der Waals surface area contributed by atoms with Crippen LogP contribution in [0.4, 0.5) is 0 Å². The number of amides is 1. The largest absolute Gasteiger partial charge is 0.497 e. The van der Waals surface area contributed by atoms with Crippen molar-refractivity contribution in [2.45, 2.75) is 39.8 Å². The van der Waals surface area contributed by atoms with Crippen LogP contribution < -0.4 is 19.5 Å². The first-order chi connectivity index (χ1) is 12.4. The SMILES string of the molecule is COc1ccc(OC[C@@H](C)NC(=O)[C@H](C)Oc2cccc(C)c2C)cc1. The number of benzene rings is 2. The number of carbonyl (C=O) groups excluding carboxylic acids is 1. The summed E-state index contributed by atoms with van der Waals surface area (Å²) in [7, 11) is 1.62. The highest BCUT2D eigenvalue weighted by atomic mass is 16.5. The Morgan fingerprint density at radius 1 is 1.04 bits per heavy atom. The minimum atomic E-state index is -0.584. The Bertz CT molecular complexity index is 727. The molecule has 26 heavy (non-hydrogen) atoms. The van der Waals surface area contributed by atoms with Crippen LogP contribution in [0.3, 0.4) is 0 Å². The van der Waals surface area contributed by atoms with E-state index in [1.807, 2.05) is 63.2 Å². The van der Waals surface area contributed by atoms with Gasteiger partial charge in [-0.05, 0) is 69.2 Å². The van der Waals surface area contributed by atoms with Gasteiger partial charge in [0.2, 0.25) is 0 Å². The van der Waals surface area contributed by atoms with Gasteiger partial charge >= 0.3 is 0 Å². The van der Waals surface area contributed by atoms with Crippen molar-refractivity contribution in [3.05, 3.63) is 53.6 Å². The summed E-state index contributed by atoms with van der Waals surface area (Å²) >= 11 is 0. The maximum absolute atomic E-state index is 12.3. The number of hydrogen-bond acceptors (Lipinski definition) is 4. The average Bonchev–Trinajstić information content (AvgIpc) is 2.64. The van der Waals surface area contributed by atoms with Crippen molar-refractivity contribution in [3.8, 4) is 17.2 Å². The zero-order valence-corrected chi connectivity index (χ0v) is 16.0. The fraction of sp³-hybridized carbons (Fsp3) is 0.381. The molecule has 2 atom stereocenters. The Balaban J connectivity index is 1.82. The minimum Gasteiger partial charge on any atom is -0.497 e. The van der Waals surface area contributed by atoms with E-state index in [0.29, 0.717) is 6.61 Å². The van der Waals surface area contributed by atoms with Crippen LogP contribution in [0.2, 0.25) is 0 Å². The van der Waals surface area contributed by atoms with Crippen LogP contribution in [-0.2, 0) is 4.79 Å². The maximum Gasteiger partial charge on any atom is 0.261 e. The van der Waals surface area contributed by atoms with Gasteiger partial charge in [-0.3, -0.25) is 4.79 Å². The smallest absolute Gasteiger partial charge is 0.261 e. The monoisotopic (exact) mass is 357 g/mol. The molecule has 2 aromatic rings. The molecular weight excluding hydrogens is 330 g/mol. The molecule has 1 N–H and O–H groups in total.